The van der Waals surface area contributed by atoms with Gasteiger partial charge in [0.2, 0.25) is 16.8 Å². The van der Waals surface area contributed by atoms with Gasteiger partial charge in [0.15, 0.2) is 11.5 Å². The van der Waals surface area contributed by atoms with Crippen LogP contribution in [0.25, 0.3) is 11.1 Å². The molecule has 0 radical (unpaired) electrons. The lowest BCUT2D eigenvalue weighted by molar-refractivity contribution is -0.142. The number of carbonyl (C=O) groups is 1. The van der Waals surface area contributed by atoms with Crippen molar-refractivity contribution in [1.82, 2.24) is 4.31 Å². The first-order valence-electron chi connectivity index (χ1n) is 9.09. The lowest BCUT2D eigenvalue weighted by Crippen LogP contribution is -2.58. The van der Waals surface area contributed by atoms with Crippen LogP contribution in [-0.2, 0) is 14.8 Å². The first-order chi connectivity index (χ1) is 13.7. The molecule has 29 heavy (non-hydrogen) atoms. The number of carboxylic acids is 1. The number of hydrogen-bond acceptors (Lipinski definition) is 6. The summed E-state index contributed by atoms with van der Waals surface area (Å²) in [6, 6.07) is 10.9. The molecule has 1 unspecified atom stereocenters. The van der Waals surface area contributed by atoms with E-state index in [4.69, 9.17) is 9.47 Å². The Morgan fingerprint density at radius 2 is 1.76 bits per heavy atom. The van der Waals surface area contributed by atoms with E-state index in [1.54, 1.807) is 26.0 Å². The number of carboxylic acid groups (broad SMARTS) is 1. The van der Waals surface area contributed by atoms with Gasteiger partial charge < -0.3 is 14.6 Å². The van der Waals surface area contributed by atoms with Crippen LogP contribution in [0.15, 0.2) is 47.4 Å². The Bertz CT molecular complexity index is 1050. The summed E-state index contributed by atoms with van der Waals surface area (Å²) in [7, 11) is -3.94. The molecule has 154 valence electrons. The van der Waals surface area contributed by atoms with Crippen molar-refractivity contribution in [1.29, 1.82) is 0 Å². The molecule has 0 aromatic heterocycles. The molecule has 4 rings (SSSR count). The molecule has 0 aliphatic carbocycles. The zero-order chi connectivity index (χ0) is 20.8. The van der Waals surface area contributed by atoms with Crippen LogP contribution in [0.3, 0.4) is 0 Å². The number of thioether (sulfide) groups is 1. The van der Waals surface area contributed by atoms with E-state index < -0.39 is 26.8 Å². The maximum atomic E-state index is 13.2. The quantitative estimate of drug-likeness (QED) is 0.789. The molecule has 7 nitrogen and oxygen atoms in total. The van der Waals surface area contributed by atoms with Gasteiger partial charge in [0.25, 0.3) is 0 Å². The van der Waals surface area contributed by atoms with Crippen molar-refractivity contribution in [3.05, 3.63) is 42.5 Å². The van der Waals surface area contributed by atoms with Crippen molar-refractivity contribution in [2.24, 2.45) is 0 Å². The maximum Gasteiger partial charge on any atom is 0.323 e. The molecule has 0 saturated carbocycles. The zero-order valence-corrected chi connectivity index (χ0v) is 17.6. The third kappa shape index (κ3) is 3.58. The summed E-state index contributed by atoms with van der Waals surface area (Å²) in [5, 5.41) is 9.68. The number of benzene rings is 2. The number of rotatable bonds is 4. The normalized spacial score (nSPS) is 21.1. The molecule has 1 atom stereocenters. The first kappa shape index (κ1) is 20.1. The van der Waals surface area contributed by atoms with Gasteiger partial charge in [-0.05, 0) is 49.2 Å². The van der Waals surface area contributed by atoms with Crippen LogP contribution in [0.2, 0.25) is 0 Å². The van der Waals surface area contributed by atoms with E-state index in [9.17, 15) is 18.3 Å². The number of fused-ring (bicyclic) bond motifs is 1. The Balaban J connectivity index is 1.65. The number of aliphatic carboxylic acids is 1. The van der Waals surface area contributed by atoms with Crippen LogP contribution < -0.4 is 9.47 Å². The van der Waals surface area contributed by atoms with E-state index in [1.165, 1.54) is 23.9 Å². The van der Waals surface area contributed by atoms with E-state index in [0.717, 1.165) is 15.4 Å². The van der Waals surface area contributed by atoms with Crippen molar-refractivity contribution in [2.75, 3.05) is 19.1 Å². The van der Waals surface area contributed by atoms with Crippen molar-refractivity contribution in [3.8, 4) is 22.6 Å². The molecular weight excluding hydrogens is 414 g/mol. The van der Waals surface area contributed by atoms with Crippen molar-refractivity contribution in [3.63, 3.8) is 0 Å². The Labute approximate surface area is 173 Å². The van der Waals surface area contributed by atoms with Crippen LogP contribution in [0.5, 0.6) is 11.5 Å². The van der Waals surface area contributed by atoms with E-state index in [-0.39, 0.29) is 18.2 Å². The molecule has 2 aromatic rings. The van der Waals surface area contributed by atoms with Crippen LogP contribution in [0, 0.1) is 0 Å². The van der Waals surface area contributed by atoms with Crippen LogP contribution >= 0.6 is 11.8 Å². The highest BCUT2D eigenvalue weighted by molar-refractivity contribution is 8.00. The third-order valence-electron chi connectivity index (χ3n) is 5.13. The first-order valence-corrected chi connectivity index (χ1v) is 11.5. The molecular formula is C20H21NO6S2. The maximum absolute atomic E-state index is 13.2. The van der Waals surface area contributed by atoms with Crippen molar-refractivity contribution in [2.45, 2.75) is 29.5 Å². The fourth-order valence-corrected chi connectivity index (χ4v) is 6.76. The third-order valence-corrected chi connectivity index (χ3v) is 8.37. The molecule has 1 saturated heterocycles. The summed E-state index contributed by atoms with van der Waals surface area (Å²) in [6.45, 7) is 3.88. The molecule has 0 bridgehead atoms. The van der Waals surface area contributed by atoms with Crippen LogP contribution in [0.1, 0.15) is 13.8 Å². The van der Waals surface area contributed by atoms with Gasteiger partial charge in [0, 0.05) is 17.0 Å². The fraction of sp³-hybridized carbons (Fsp3) is 0.350. The van der Waals surface area contributed by atoms with Gasteiger partial charge >= 0.3 is 5.97 Å². The number of nitrogens with zero attached hydrogens (tertiary/aromatic N) is 1. The fourth-order valence-electron chi connectivity index (χ4n) is 3.66. The average molecular weight is 436 g/mol. The number of sulfonamides is 1. The van der Waals surface area contributed by atoms with Crippen molar-refractivity contribution >= 4 is 27.8 Å². The second-order valence-corrected chi connectivity index (χ2v) is 11.0. The lowest BCUT2D eigenvalue weighted by Gasteiger charge is -2.42. The second kappa shape index (κ2) is 7.23. The summed E-state index contributed by atoms with van der Waals surface area (Å²) in [5.74, 6) is 0.739. The summed E-state index contributed by atoms with van der Waals surface area (Å²) in [4.78, 5) is 11.9. The molecule has 2 aromatic carbocycles. The summed E-state index contributed by atoms with van der Waals surface area (Å²) in [6.07, 6.45) is 0. The van der Waals surface area contributed by atoms with Crippen LogP contribution in [-0.4, -0.2) is 53.7 Å². The Morgan fingerprint density at radius 1 is 1.10 bits per heavy atom. The van der Waals surface area contributed by atoms with Gasteiger partial charge in [0.05, 0.1) is 4.90 Å². The predicted molar refractivity (Wildman–Crippen MR) is 110 cm³/mol. The minimum absolute atomic E-state index is 0.0796. The Morgan fingerprint density at radius 3 is 2.45 bits per heavy atom. The molecule has 1 fully saturated rings. The SMILES string of the molecule is CC1(C)SCCN(S(=O)(=O)c2ccc(-c3ccc4c(c3)OCO4)cc2)C1C(=O)O. The minimum Gasteiger partial charge on any atom is -0.480 e. The molecule has 9 heteroatoms. The van der Waals surface area contributed by atoms with E-state index >= 15 is 0 Å². The second-order valence-electron chi connectivity index (χ2n) is 7.40. The summed E-state index contributed by atoms with van der Waals surface area (Å²) in [5.41, 5.74) is 1.70. The molecule has 2 aliphatic heterocycles. The molecule has 0 spiro atoms. The smallest absolute Gasteiger partial charge is 0.323 e. The van der Waals surface area contributed by atoms with E-state index in [0.29, 0.717) is 17.3 Å². The highest BCUT2D eigenvalue weighted by Crippen LogP contribution is 2.39. The summed E-state index contributed by atoms with van der Waals surface area (Å²) >= 11 is 1.47. The average Bonchev–Trinajstić information content (AvgIpc) is 3.14. The van der Waals surface area contributed by atoms with Crippen molar-refractivity contribution < 1.29 is 27.8 Å². The highest BCUT2D eigenvalue weighted by Gasteiger charge is 2.48. The number of ether oxygens (including phenoxy) is 2. The van der Waals surface area contributed by atoms with E-state index in [1.807, 2.05) is 18.2 Å². The predicted octanol–water partition coefficient (Wildman–Crippen LogP) is 3.05. The lowest BCUT2D eigenvalue weighted by atomic mass is 10.0. The van der Waals surface area contributed by atoms with Gasteiger partial charge in [-0.25, -0.2) is 8.42 Å². The van der Waals surface area contributed by atoms with Gasteiger partial charge in [-0.2, -0.15) is 16.1 Å². The van der Waals surface area contributed by atoms with Gasteiger partial charge in [-0.3, -0.25) is 4.79 Å². The highest BCUT2D eigenvalue weighted by atomic mass is 32.2. The Kier molecular flexibility index (Phi) is 5.00. The van der Waals surface area contributed by atoms with Gasteiger partial charge in [-0.15, -0.1) is 0 Å². The Hall–Kier alpha value is -2.23. The topological polar surface area (TPSA) is 93.1 Å². The minimum atomic E-state index is -3.94. The largest absolute Gasteiger partial charge is 0.480 e. The zero-order valence-electron chi connectivity index (χ0n) is 16.0. The molecule has 1 N–H and O–H groups in total. The standard InChI is InChI=1S/C20H21NO6S2/c1-20(2)18(19(22)23)21(9-10-28-20)29(24,25)15-6-3-13(4-7-15)14-5-8-16-17(11-14)27-12-26-16/h3-8,11,18H,9-10,12H2,1-2H3,(H,22,23). The monoisotopic (exact) mass is 435 g/mol. The summed E-state index contributed by atoms with van der Waals surface area (Å²) < 4.78 is 37.5. The number of hydrogen-bond donors (Lipinski definition) is 1. The van der Waals surface area contributed by atoms with Gasteiger partial charge in [0.1, 0.15) is 6.04 Å². The van der Waals surface area contributed by atoms with E-state index in [2.05, 4.69) is 0 Å². The molecule has 2 aliphatic rings. The molecule has 2 heterocycles. The molecule has 0 amide bonds. The van der Waals surface area contributed by atoms with Crippen LogP contribution in [0.4, 0.5) is 0 Å². The van der Waals surface area contributed by atoms with Gasteiger partial charge in [-0.1, -0.05) is 18.2 Å².